The first-order valence-corrected chi connectivity index (χ1v) is 13.2. The number of halogens is 7. The molecule has 6 atom stereocenters. The quantitative estimate of drug-likeness (QED) is 0.0970. The number of phenols is 1. The molecule has 0 aromatic heterocycles. The molecule has 4 amide bonds. The molecule has 0 radical (unpaired) electrons. The van der Waals surface area contributed by atoms with E-state index in [1.54, 1.807) is 0 Å². The second-order valence-electron chi connectivity index (χ2n) is 10.7. The third-order valence-corrected chi connectivity index (χ3v) is 10.2. The van der Waals surface area contributed by atoms with Gasteiger partial charge in [-0.2, -0.15) is 5.06 Å². The molecule has 3 fully saturated rings. The molecule has 0 bridgehead atoms. The average molecular weight is 631 g/mol. The van der Waals surface area contributed by atoms with E-state index in [1.165, 1.54) is 31.2 Å². The summed E-state index contributed by atoms with van der Waals surface area (Å²) >= 11 is 13.8. The van der Waals surface area contributed by atoms with Crippen LogP contribution in [0.25, 0.3) is 0 Å². The molecular weight excluding hydrogens is 614 g/mol. The first-order chi connectivity index (χ1) is 19.6. The monoisotopic (exact) mass is 630 g/mol. The molecule has 2 saturated heterocycles. The number of carbonyl (C=O) groups is 4. The lowest BCUT2D eigenvalue weighted by Gasteiger charge is -2.50. The molecule has 2 aromatic rings. The maximum absolute atomic E-state index is 15.0. The van der Waals surface area contributed by atoms with Crippen LogP contribution in [-0.2, 0) is 19.2 Å². The molecular formula is C27H17Cl2F5N2O6. The number of alkyl halides is 2. The number of hydrogen-bond donors (Lipinski definition) is 2. The van der Waals surface area contributed by atoms with E-state index in [1.807, 2.05) is 0 Å². The molecule has 220 valence electrons. The van der Waals surface area contributed by atoms with Gasteiger partial charge in [0.25, 0.3) is 23.6 Å². The fraction of sp³-hybridized carbons (Fsp3) is 0.333. The Balaban J connectivity index is 1.64. The molecule has 2 aromatic carbocycles. The van der Waals surface area contributed by atoms with Crippen LogP contribution >= 0.6 is 23.2 Å². The minimum absolute atomic E-state index is 0.0720. The van der Waals surface area contributed by atoms with Crippen molar-refractivity contribution in [1.29, 1.82) is 0 Å². The van der Waals surface area contributed by atoms with Gasteiger partial charge in [0.05, 0.1) is 11.8 Å². The van der Waals surface area contributed by atoms with Gasteiger partial charge in [0.2, 0.25) is 5.82 Å². The number of hydroxylamine groups is 2. The van der Waals surface area contributed by atoms with Gasteiger partial charge in [0.1, 0.15) is 11.4 Å². The molecule has 6 rings (SSSR count). The summed E-state index contributed by atoms with van der Waals surface area (Å²) in [5.74, 6) is -23.3. The number of fused-ring (bicyclic) bond motifs is 4. The van der Waals surface area contributed by atoms with Crippen molar-refractivity contribution in [3.63, 3.8) is 0 Å². The number of phenolic OH excluding ortho intramolecular Hbond substituents is 1. The summed E-state index contributed by atoms with van der Waals surface area (Å²) in [6.07, 6.45) is 0.604. The number of imide groups is 2. The van der Waals surface area contributed by atoms with E-state index >= 15 is 0 Å². The van der Waals surface area contributed by atoms with Crippen molar-refractivity contribution in [1.82, 2.24) is 5.06 Å². The zero-order chi connectivity index (χ0) is 30.8. The van der Waals surface area contributed by atoms with Gasteiger partial charge >= 0.3 is 0 Å². The van der Waals surface area contributed by atoms with Gasteiger partial charge in [-0.3, -0.25) is 24.4 Å². The molecule has 1 saturated carbocycles. The molecule has 2 aliphatic carbocycles. The molecule has 2 aliphatic heterocycles. The van der Waals surface area contributed by atoms with Gasteiger partial charge in [-0.1, -0.05) is 29.8 Å². The standard InChI is InChI=1S/C27H17Cl2F5N2O6/c1-8-3-2-4-11(21(8)37)14-9-5-6-10-13(23(39)36(42)22(10)38)12(9)7-26(28)24(40)35(25(41)27(14,26)29)20-18(33)16(31)15(30)17(32)19(20)34/h2-5,10,12-14,37,42H,6-7H2,1H3/t10-,12+,13-,14+,26+,27-/m0/s1. The van der Waals surface area contributed by atoms with E-state index in [-0.39, 0.29) is 33.1 Å². The Labute approximate surface area is 242 Å². The molecule has 2 N–H and O–H groups in total. The van der Waals surface area contributed by atoms with Gasteiger partial charge in [0.15, 0.2) is 33.0 Å². The van der Waals surface area contributed by atoms with Gasteiger partial charge in [-0.15, -0.1) is 23.2 Å². The van der Waals surface area contributed by atoms with E-state index in [4.69, 9.17) is 23.2 Å². The number of aromatic hydroxyl groups is 1. The van der Waals surface area contributed by atoms with E-state index < -0.39 is 104 Å². The third-order valence-electron chi connectivity index (χ3n) is 8.78. The zero-order valence-electron chi connectivity index (χ0n) is 21.1. The zero-order valence-corrected chi connectivity index (χ0v) is 22.6. The number of nitrogens with zero attached hydrogens (tertiary/aromatic N) is 2. The second kappa shape index (κ2) is 8.98. The van der Waals surface area contributed by atoms with Gasteiger partial charge < -0.3 is 5.11 Å². The van der Waals surface area contributed by atoms with E-state index in [2.05, 4.69) is 0 Å². The Bertz CT molecular complexity index is 1670. The normalized spacial score (nSPS) is 32.3. The van der Waals surface area contributed by atoms with Crippen LogP contribution in [0.3, 0.4) is 0 Å². The molecule has 2 heterocycles. The van der Waals surface area contributed by atoms with Gasteiger partial charge in [-0.05, 0) is 31.2 Å². The van der Waals surface area contributed by atoms with Crippen LogP contribution in [0, 0.1) is 53.8 Å². The Morgan fingerprint density at radius 2 is 1.48 bits per heavy atom. The third kappa shape index (κ3) is 3.21. The van der Waals surface area contributed by atoms with Crippen LogP contribution in [0.5, 0.6) is 5.75 Å². The number of amides is 4. The Hall–Kier alpha value is -3.55. The predicted octanol–water partition coefficient (Wildman–Crippen LogP) is 4.35. The smallest absolute Gasteiger partial charge is 0.258 e. The summed E-state index contributed by atoms with van der Waals surface area (Å²) in [5.41, 5.74) is -1.57. The van der Waals surface area contributed by atoms with Crippen molar-refractivity contribution in [2.75, 3.05) is 4.90 Å². The Morgan fingerprint density at radius 1 is 0.881 bits per heavy atom. The number of hydrogen-bond acceptors (Lipinski definition) is 6. The summed E-state index contributed by atoms with van der Waals surface area (Å²) in [5, 5.41) is 21.0. The summed E-state index contributed by atoms with van der Waals surface area (Å²) in [4.78, 5) is 47.8. The highest BCUT2D eigenvalue weighted by molar-refractivity contribution is 6.58. The Kier molecular flexibility index (Phi) is 6.11. The van der Waals surface area contributed by atoms with Crippen molar-refractivity contribution in [3.8, 4) is 5.75 Å². The van der Waals surface area contributed by atoms with Gasteiger partial charge in [0, 0.05) is 11.5 Å². The van der Waals surface area contributed by atoms with Crippen LogP contribution in [0.2, 0.25) is 0 Å². The summed E-state index contributed by atoms with van der Waals surface area (Å²) in [7, 11) is 0. The minimum atomic E-state index is -2.74. The predicted molar refractivity (Wildman–Crippen MR) is 133 cm³/mol. The van der Waals surface area contributed by atoms with Crippen LogP contribution < -0.4 is 4.90 Å². The number of rotatable bonds is 2. The fourth-order valence-electron chi connectivity index (χ4n) is 6.81. The molecule has 0 unspecified atom stereocenters. The largest absolute Gasteiger partial charge is 0.507 e. The van der Waals surface area contributed by atoms with Crippen LogP contribution in [0.4, 0.5) is 27.6 Å². The molecule has 42 heavy (non-hydrogen) atoms. The summed E-state index contributed by atoms with van der Waals surface area (Å²) < 4.78 is 72.1. The molecule has 15 heteroatoms. The first kappa shape index (κ1) is 28.6. The lowest BCUT2D eigenvalue weighted by molar-refractivity contribution is -0.173. The van der Waals surface area contributed by atoms with Crippen molar-refractivity contribution >= 4 is 52.5 Å². The maximum Gasteiger partial charge on any atom is 0.258 e. The summed E-state index contributed by atoms with van der Waals surface area (Å²) in [6, 6.07) is 4.27. The average Bonchev–Trinajstić information content (AvgIpc) is 3.26. The van der Waals surface area contributed by atoms with Crippen LogP contribution in [0.15, 0.2) is 29.8 Å². The topological polar surface area (TPSA) is 115 Å². The highest BCUT2D eigenvalue weighted by atomic mass is 35.5. The highest BCUT2D eigenvalue weighted by Gasteiger charge is 2.77. The number of aryl methyl sites for hydroxylation is 1. The van der Waals surface area contributed by atoms with E-state index in [0.29, 0.717) is 0 Å². The highest BCUT2D eigenvalue weighted by Crippen LogP contribution is 2.66. The minimum Gasteiger partial charge on any atom is -0.507 e. The van der Waals surface area contributed by atoms with Gasteiger partial charge in [-0.25, -0.2) is 26.9 Å². The fourth-order valence-corrected chi connectivity index (χ4v) is 7.74. The second-order valence-corrected chi connectivity index (χ2v) is 11.9. The number of para-hydroxylation sites is 1. The van der Waals surface area contributed by atoms with Crippen molar-refractivity contribution in [3.05, 3.63) is 70.1 Å². The lowest BCUT2D eigenvalue weighted by Crippen LogP contribution is -2.60. The molecule has 0 spiro atoms. The molecule has 4 aliphatic rings. The van der Waals surface area contributed by atoms with E-state index in [9.17, 15) is 51.4 Å². The van der Waals surface area contributed by atoms with Crippen LogP contribution in [0.1, 0.15) is 29.9 Å². The number of benzene rings is 2. The Morgan fingerprint density at radius 3 is 2.10 bits per heavy atom. The SMILES string of the molecule is Cc1cccc([C@H]2C3=CC[C@@H]4C(=O)N(O)C(=O)[C@@H]4[C@@H]3C[C@@]3(Cl)C(=O)N(c4c(F)c(F)c(F)c(F)c4F)C(=O)[C@@]23Cl)c1O. The lowest BCUT2D eigenvalue weighted by atomic mass is 9.56. The number of allylic oxidation sites excluding steroid dienone is 2. The van der Waals surface area contributed by atoms with Crippen molar-refractivity contribution < 1.29 is 51.4 Å². The summed E-state index contributed by atoms with van der Waals surface area (Å²) in [6.45, 7) is 1.49. The van der Waals surface area contributed by atoms with Crippen LogP contribution in [-0.4, -0.2) is 48.8 Å². The number of carbonyl (C=O) groups excluding carboxylic acids is 4. The molecule has 8 nitrogen and oxygen atoms in total. The van der Waals surface area contributed by atoms with E-state index in [0.717, 1.165) is 0 Å². The first-order valence-electron chi connectivity index (χ1n) is 12.4. The van der Waals surface area contributed by atoms with Crippen molar-refractivity contribution in [2.24, 2.45) is 17.8 Å². The number of anilines is 1. The van der Waals surface area contributed by atoms with Crippen molar-refractivity contribution in [2.45, 2.75) is 35.4 Å². The maximum atomic E-state index is 15.0.